The first-order chi connectivity index (χ1) is 12.1. The normalized spacial score (nSPS) is 12.0. The number of alkyl halides is 2. The Morgan fingerprint density at radius 1 is 0.920 bits per heavy atom. The highest BCUT2D eigenvalue weighted by Crippen LogP contribution is 2.25. The molecule has 25 heavy (non-hydrogen) atoms. The number of hydrogen-bond donors (Lipinski definition) is 1. The Hall–Kier alpha value is -2.73. The van der Waals surface area contributed by atoms with Crippen LogP contribution in [-0.4, -0.2) is 12.5 Å². The van der Waals surface area contributed by atoms with Gasteiger partial charge >= 0.3 is 6.61 Å². The van der Waals surface area contributed by atoms with Gasteiger partial charge in [0, 0.05) is 0 Å². The summed E-state index contributed by atoms with van der Waals surface area (Å²) in [6, 6.07) is 18.9. The van der Waals surface area contributed by atoms with Crippen LogP contribution in [0, 0.1) is 0 Å². The van der Waals surface area contributed by atoms with Gasteiger partial charge in [-0.05, 0) is 34.7 Å². The summed E-state index contributed by atoms with van der Waals surface area (Å²) in [5, 5.41) is 4.83. The summed E-state index contributed by atoms with van der Waals surface area (Å²) in [4.78, 5) is 13.1. The number of amides is 1. The average molecular weight is 359 g/mol. The second-order valence-electron chi connectivity index (χ2n) is 5.24. The van der Waals surface area contributed by atoms with E-state index in [1.54, 1.807) is 18.2 Å². The number of rotatable bonds is 6. The molecule has 3 rings (SSSR count). The van der Waals surface area contributed by atoms with E-state index in [4.69, 9.17) is 0 Å². The molecule has 1 atom stereocenters. The van der Waals surface area contributed by atoms with E-state index in [1.807, 2.05) is 41.8 Å². The molecule has 1 N–H and O–H groups in total. The summed E-state index contributed by atoms with van der Waals surface area (Å²) in [6.07, 6.45) is 0. The van der Waals surface area contributed by atoms with E-state index in [2.05, 4.69) is 10.1 Å². The van der Waals surface area contributed by atoms with Gasteiger partial charge in [-0.3, -0.25) is 4.79 Å². The van der Waals surface area contributed by atoms with Crippen molar-refractivity contribution in [3.8, 4) is 5.75 Å². The Balaban J connectivity index is 1.87. The molecule has 0 saturated heterocycles. The van der Waals surface area contributed by atoms with Crippen molar-refractivity contribution in [2.45, 2.75) is 12.7 Å². The molecule has 0 fully saturated rings. The Morgan fingerprint density at radius 3 is 2.20 bits per heavy atom. The van der Waals surface area contributed by atoms with Crippen molar-refractivity contribution in [1.82, 2.24) is 5.32 Å². The lowest BCUT2D eigenvalue weighted by Gasteiger charge is -2.20. The Labute approximate surface area is 147 Å². The third-order valence-corrected chi connectivity index (χ3v) is 4.46. The van der Waals surface area contributed by atoms with Gasteiger partial charge in [-0.2, -0.15) is 8.78 Å². The van der Waals surface area contributed by atoms with Crippen LogP contribution in [0.2, 0.25) is 0 Å². The Kier molecular flexibility index (Phi) is 5.40. The number of benzene rings is 2. The largest absolute Gasteiger partial charge is 0.435 e. The minimum atomic E-state index is -2.87. The van der Waals surface area contributed by atoms with Gasteiger partial charge in [-0.1, -0.05) is 48.5 Å². The standard InChI is InChI=1S/C19H15F2NO2S/c20-19(21)24-15-10-8-14(9-11-15)17(13-5-2-1-3-6-13)22-18(23)16-7-4-12-25-16/h1-12,17,19H,(H,22,23)/t17-/m1/s1. The number of ether oxygens (including phenoxy) is 1. The lowest BCUT2D eigenvalue weighted by atomic mass is 9.98. The first-order valence-corrected chi connectivity index (χ1v) is 8.45. The third kappa shape index (κ3) is 4.42. The number of halogens is 2. The Morgan fingerprint density at radius 2 is 1.60 bits per heavy atom. The third-order valence-electron chi connectivity index (χ3n) is 3.59. The minimum Gasteiger partial charge on any atom is -0.435 e. The lowest BCUT2D eigenvalue weighted by Crippen LogP contribution is -2.28. The van der Waals surface area contributed by atoms with Crippen LogP contribution in [0.4, 0.5) is 8.78 Å². The zero-order valence-electron chi connectivity index (χ0n) is 13.1. The molecular weight excluding hydrogens is 344 g/mol. The monoisotopic (exact) mass is 359 g/mol. The fourth-order valence-electron chi connectivity index (χ4n) is 2.46. The highest BCUT2D eigenvalue weighted by Gasteiger charge is 2.18. The smallest absolute Gasteiger partial charge is 0.387 e. The SMILES string of the molecule is O=C(N[C@H](c1ccccc1)c1ccc(OC(F)F)cc1)c1cccs1. The molecule has 0 spiro atoms. The summed E-state index contributed by atoms with van der Waals surface area (Å²) < 4.78 is 29.0. The van der Waals surface area contributed by atoms with Crippen molar-refractivity contribution in [3.05, 3.63) is 88.1 Å². The summed E-state index contributed by atoms with van der Waals surface area (Å²) in [5.41, 5.74) is 1.67. The van der Waals surface area contributed by atoms with Gasteiger partial charge in [0.25, 0.3) is 5.91 Å². The van der Waals surface area contributed by atoms with Gasteiger partial charge in [0.2, 0.25) is 0 Å². The van der Waals surface area contributed by atoms with Crippen molar-refractivity contribution < 1.29 is 18.3 Å². The molecule has 128 valence electrons. The maximum atomic E-state index is 12.5. The van der Waals surface area contributed by atoms with E-state index in [0.717, 1.165) is 11.1 Å². The van der Waals surface area contributed by atoms with Crippen LogP contribution < -0.4 is 10.1 Å². The summed E-state index contributed by atoms with van der Waals surface area (Å²) in [6.45, 7) is -2.87. The van der Waals surface area contributed by atoms with Crippen LogP contribution in [0.5, 0.6) is 5.75 Å². The zero-order chi connectivity index (χ0) is 17.6. The topological polar surface area (TPSA) is 38.3 Å². The van der Waals surface area contributed by atoms with Gasteiger partial charge in [0.15, 0.2) is 0 Å². The van der Waals surface area contributed by atoms with E-state index < -0.39 is 12.7 Å². The molecule has 0 saturated carbocycles. The summed E-state index contributed by atoms with van der Waals surface area (Å²) >= 11 is 1.36. The Bertz CT molecular complexity index is 805. The van der Waals surface area contributed by atoms with E-state index in [1.165, 1.54) is 23.5 Å². The van der Waals surface area contributed by atoms with E-state index >= 15 is 0 Å². The molecule has 2 aromatic carbocycles. The number of carbonyl (C=O) groups is 1. The van der Waals surface area contributed by atoms with E-state index in [-0.39, 0.29) is 11.7 Å². The molecule has 0 radical (unpaired) electrons. The molecule has 3 nitrogen and oxygen atoms in total. The molecule has 0 unspecified atom stereocenters. The molecule has 0 aliphatic rings. The minimum absolute atomic E-state index is 0.0788. The fourth-order valence-corrected chi connectivity index (χ4v) is 3.08. The van der Waals surface area contributed by atoms with Gasteiger partial charge in [0.1, 0.15) is 5.75 Å². The quantitative estimate of drug-likeness (QED) is 0.682. The predicted molar refractivity (Wildman–Crippen MR) is 93.1 cm³/mol. The van der Waals surface area contributed by atoms with Gasteiger partial charge < -0.3 is 10.1 Å². The highest BCUT2D eigenvalue weighted by molar-refractivity contribution is 7.12. The molecule has 1 amide bonds. The molecular formula is C19H15F2NO2S. The molecule has 0 bridgehead atoms. The zero-order valence-corrected chi connectivity index (χ0v) is 13.9. The molecule has 0 aliphatic carbocycles. The molecule has 6 heteroatoms. The lowest BCUT2D eigenvalue weighted by molar-refractivity contribution is -0.0498. The predicted octanol–water partition coefficient (Wildman–Crippen LogP) is 4.87. The second kappa shape index (κ2) is 7.90. The molecule has 0 aliphatic heterocycles. The van der Waals surface area contributed by atoms with Gasteiger partial charge in [-0.25, -0.2) is 0 Å². The number of carbonyl (C=O) groups excluding carboxylic acids is 1. The summed E-state index contributed by atoms with van der Waals surface area (Å²) in [7, 11) is 0. The highest BCUT2D eigenvalue weighted by atomic mass is 32.1. The molecule has 1 aromatic heterocycles. The van der Waals surface area contributed by atoms with Crippen molar-refractivity contribution >= 4 is 17.2 Å². The van der Waals surface area contributed by atoms with E-state index in [9.17, 15) is 13.6 Å². The van der Waals surface area contributed by atoms with Crippen molar-refractivity contribution in [3.63, 3.8) is 0 Å². The summed E-state index contributed by atoms with van der Waals surface area (Å²) in [5.74, 6) is -0.105. The molecule has 1 heterocycles. The number of thiophene rings is 1. The first kappa shape index (κ1) is 17.1. The van der Waals surface area contributed by atoms with Crippen molar-refractivity contribution in [1.29, 1.82) is 0 Å². The second-order valence-corrected chi connectivity index (χ2v) is 6.19. The van der Waals surface area contributed by atoms with Gasteiger partial charge in [-0.15, -0.1) is 11.3 Å². The maximum absolute atomic E-state index is 12.5. The van der Waals surface area contributed by atoms with Crippen LogP contribution in [0.25, 0.3) is 0 Å². The van der Waals surface area contributed by atoms with Crippen LogP contribution in [0.1, 0.15) is 26.8 Å². The van der Waals surface area contributed by atoms with Crippen LogP contribution in [0.15, 0.2) is 72.1 Å². The number of hydrogen-bond acceptors (Lipinski definition) is 3. The first-order valence-electron chi connectivity index (χ1n) is 7.57. The van der Waals surface area contributed by atoms with Gasteiger partial charge in [0.05, 0.1) is 10.9 Å². The number of nitrogens with one attached hydrogen (secondary N) is 1. The fraction of sp³-hybridized carbons (Fsp3) is 0.105. The van der Waals surface area contributed by atoms with Crippen molar-refractivity contribution in [2.75, 3.05) is 0 Å². The van der Waals surface area contributed by atoms with Crippen molar-refractivity contribution in [2.24, 2.45) is 0 Å². The van der Waals surface area contributed by atoms with Crippen LogP contribution in [0.3, 0.4) is 0 Å². The average Bonchev–Trinajstić information content (AvgIpc) is 3.15. The van der Waals surface area contributed by atoms with Crippen LogP contribution >= 0.6 is 11.3 Å². The van der Waals surface area contributed by atoms with E-state index in [0.29, 0.717) is 4.88 Å². The maximum Gasteiger partial charge on any atom is 0.387 e. The van der Waals surface area contributed by atoms with Crippen LogP contribution in [-0.2, 0) is 0 Å². The molecule has 3 aromatic rings.